The van der Waals surface area contributed by atoms with Crippen LogP contribution in [-0.2, 0) is 4.74 Å². The smallest absolute Gasteiger partial charge is 0.0829 e. The van der Waals surface area contributed by atoms with Crippen LogP contribution in [0.15, 0.2) is 0 Å². The Morgan fingerprint density at radius 1 is 1.21 bits per heavy atom. The van der Waals surface area contributed by atoms with Gasteiger partial charge in [0, 0.05) is 32.2 Å². The second-order valence-corrected chi connectivity index (χ2v) is 7.24. The van der Waals surface area contributed by atoms with Crippen LogP contribution in [0.5, 0.6) is 0 Å². The second kappa shape index (κ2) is 6.53. The zero-order valence-corrected chi connectivity index (χ0v) is 13.1. The number of likely N-dealkylation sites (N-methyl/N-ethyl adjacent to an activating group) is 1. The molecule has 2 heterocycles. The monoisotopic (exact) mass is 269 g/mol. The molecule has 2 unspecified atom stereocenters. The first kappa shape index (κ1) is 15.2. The summed E-state index contributed by atoms with van der Waals surface area (Å²) in [5.41, 5.74) is 0.326. The lowest BCUT2D eigenvalue weighted by molar-refractivity contribution is -0.0367. The van der Waals surface area contributed by atoms with Crippen LogP contribution in [0, 0.1) is 5.41 Å². The molecule has 4 nitrogen and oxygen atoms in total. The van der Waals surface area contributed by atoms with E-state index in [1.54, 1.807) is 0 Å². The quantitative estimate of drug-likeness (QED) is 0.810. The third-order valence-electron chi connectivity index (χ3n) is 4.33. The summed E-state index contributed by atoms with van der Waals surface area (Å²) in [6.07, 6.45) is 1.63. The zero-order chi connectivity index (χ0) is 13.9. The van der Waals surface area contributed by atoms with E-state index >= 15 is 0 Å². The SMILES string of the molecule is CN1CCOC(CN2CCCNC(C(C)(C)C)C2)C1. The van der Waals surface area contributed by atoms with E-state index in [1.165, 1.54) is 13.0 Å². The predicted molar refractivity (Wildman–Crippen MR) is 79.5 cm³/mol. The average molecular weight is 269 g/mol. The van der Waals surface area contributed by atoms with Crippen molar-refractivity contribution >= 4 is 0 Å². The summed E-state index contributed by atoms with van der Waals surface area (Å²) in [6.45, 7) is 14.6. The van der Waals surface area contributed by atoms with Gasteiger partial charge in [-0.15, -0.1) is 0 Å². The van der Waals surface area contributed by atoms with Crippen molar-refractivity contribution in [1.29, 1.82) is 0 Å². The van der Waals surface area contributed by atoms with Crippen LogP contribution in [0.1, 0.15) is 27.2 Å². The molecule has 0 saturated carbocycles. The molecule has 112 valence electrons. The van der Waals surface area contributed by atoms with Crippen LogP contribution >= 0.6 is 0 Å². The Labute approximate surface area is 118 Å². The van der Waals surface area contributed by atoms with Gasteiger partial charge in [0.2, 0.25) is 0 Å². The maximum atomic E-state index is 5.91. The molecule has 19 heavy (non-hydrogen) atoms. The summed E-state index contributed by atoms with van der Waals surface area (Å²) in [6, 6.07) is 0.580. The highest BCUT2D eigenvalue weighted by atomic mass is 16.5. The fourth-order valence-electron chi connectivity index (χ4n) is 3.00. The molecule has 0 aromatic heterocycles. The van der Waals surface area contributed by atoms with Gasteiger partial charge in [0.05, 0.1) is 12.7 Å². The molecule has 2 rings (SSSR count). The molecule has 0 bridgehead atoms. The predicted octanol–water partition coefficient (Wildman–Crippen LogP) is 1.03. The number of rotatable bonds is 2. The molecule has 2 saturated heterocycles. The number of hydrogen-bond donors (Lipinski definition) is 1. The molecule has 0 radical (unpaired) electrons. The maximum absolute atomic E-state index is 5.91. The summed E-state index contributed by atoms with van der Waals surface area (Å²) in [4.78, 5) is 4.98. The van der Waals surface area contributed by atoms with Crippen molar-refractivity contribution < 1.29 is 4.74 Å². The molecule has 2 aliphatic heterocycles. The maximum Gasteiger partial charge on any atom is 0.0829 e. The fourth-order valence-corrected chi connectivity index (χ4v) is 3.00. The van der Waals surface area contributed by atoms with Crippen LogP contribution in [0.4, 0.5) is 0 Å². The van der Waals surface area contributed by atoms with Crippen LogP contribution < -0.4 is 5.32 Å². The van der Waals surface area contributed by atoms with E-state index in [4.69, 9.17) is 4.74 Å². The molecule has 4 heteroatoms. The number of nitrogens with one attached hydrogen (secondary N) is 1. The number of nitrogens with zero attached hydrogens (tertiary/aromatic N) is 2. The van der Waals surface area contributed by atoms with Crippen LogP contribution in [0.2, 0.25) is 0 Å². The van der Waals surface area contributed by atoms with Crippen molar-refractivity contribution in [2.45, 2.75) is 39.3 Å². The largest absolute Gasteiger partial charge is 0.374 e. The van der Waals surface area contributed by atoms with Gasteiger partial charge >= 0.3 is 0 Å². The summed E-state index contributed by atoms with van der Waals surface area (Å²) >= 11 is 0. The fraction of sp³-hybridized carbons (Fsp3) is 1.00. The normalized spacial score (nSPS) is 32.2. The zero-order valence-electron chi connectivity index (χ0n) is 13.1. The Balaban J connectivity index is 1.87. The van der Waals surface area contributed by atoms with Crippen LogP contribution in [0.25, 0.3) is 0 Å². The van der Waals surface area contributed by atoms with E-state index < -0.39 is 0 Å². The van der Waals surface area contributed by atoms with Crippen molar-refractivity contribution in [2.24, 2.45) is 5.41 Å². The molecule has 2 fully saturated rings. The van der Waals surface area contributed by atoms with Crippen molar-refractivity contribution in [3.8, 4) is 0 Å². The topological polar surface area (TPSA) is 27.7 Å². The summed E-state index contributed by atoms with van der Waals surface area (Å²) < 4.78 is 5.91. The number of hydrogen-bond acceptors (Lipinski definition) is 4. The van der Waals surface area contributed by atoms with Crippen LogP contribution in [0.3, 0.4) is 0 Å². The molecule has 0 aromatic rings. The lowest BCUT2D eigenvalue weighted by atomic mass is 9.86. The molecule has 2 atom stereocenters. The Bertz CT molecular complexity index is 277. The van der Waals surface area contributed by atoms with Gasteiger partial charge in [0.1, 0.15) is 0 Å². The van der Waals surface area contributed by atoms with Gasteiger partial charge in [-0.2, -0.15) is 0 Å². The minimum absolute atomic E-state index is 0.326. The molecule has 1 N–H and O–H groups in total. The lowest BCUT2D eigenvalue weighted by Crippen LogP contribution is -2.50. The van der Waals surface area contributed by atoms with Gasteiger partial charge in [0.15, 0.2) is 0 Å². The van der Waals surface area contributed by atoms with Crippen molar-refractivity contribution in [3.63, 3.8) is 0 Å². The van der Waals surface area contributed by atoms with Gasteiger partial charge in [-0.25, -0.2) is 0 Å². The van der Waals surface area contributed by atoms with Gasteiger partial charge in [-0.1, -0.05) is 20.8 Å². The van der Waals surface area contributed by atoms with Crippen molar-refractivity contribution in [3.05, 3.63) is 0 Å². The Morgan fingerprint density at radius 2 is 2.00 bits per heavy atom. The molecule has 0 spiro atoms. The van der Waals surface area contributed by atoms with Crippen LogP contribution in [-0.4, -0.2) is 74.9 Å². The average Bonchev–Trinajstić information content (AvgIpc) is 2.54. The van der Waals surface area contributed by atoms with E-state index in [0.29, 0.717) is 17.6 Å². The Kier molecular flexibility index (Phi) is 5.23. The standard InChI is InChI=1S/C15H31N3O/c1-15(2,3)14-12-18(7-5-6-16-14)11-13-10-17(4)8-9-19-13/h13-14,16H,5-12H2,1-4H3. The Hall–Kier alpha value is -0.160. The summed E-state index contributed by atoms with van der Waals surface area (Å²) in [7, 11) is 2.19. The molecule has 0 aliphatic carbocycles. The van der Waals surface area contributed by atoms with E-state index in [2.05, 4.69) is 42.9 Å². The van der Waals surface area contributed by atoms with Gasteiger partial charge < -0.3 is 15.0 Å². The summed E-state index contributed by atoms with van der Waals surface area (Å²) in [5.74, 6) is 0. The molecular weight excluding hydrogens is 238 g/mol. The van der Waals surface area contributed by atoms with E-state index in [0.717, 1.165) is 39.3 Å². The first-order valence-corrected chi connectivity index (χ1v) is 7.71. The lowest BCUT2D eigenvalue weighted by Gasteiger charge is -2.37. The number of morpholine rings is 1. The highest BCUT2D eigenvalue weighted by molar-refractivity contribution is 4.87. The minimum atomic E-state index is 0.326. The van der Waals surface area contributed by atoms with Gasteiger partial charge in [-0.3, -0.25) is 4.90 Å². The molecule has 2 aliphatic rings. The third-order valence-corrected chi connectivity index (χ3v) is 4.33. The Morgan fingerprint density at radius 3 is 2.68 bits per heavy atom. The van der Waals surface area contributed by atoms with Gasteiger partial charge in [-0.05, 0) is 32.0 Å². The third kappa shape index (κ3) is 4.71. The van der Waals surface area contributed by atoms with E-state index in [9.17, 15) is 0 Å². The van der Waals surface area contributed by atoms with Crippen molar-refractivity contribution in [2.75, 3.05) is 52.9 Å². The van der Waals surface area contributed by atoms with E-state index in [1.807, 2.05) is 0 Å². The second-order valence-electron chi connectivity index (χ2n) is 7.24. The van der Waals surface area contributed by atoms with Crippen molar-refractivity contribution in [1.82, 2.24) is 15.1 Å². The number of ether oxygens (including phenoxy) is 1. The molecule has 0 amide bonds. The molecular formula is C15H31N3O. The molecule has 0 aromatic carbocycles. The first-order valence-electron chi connectivity index (χ1n) is 7.71. The van der Waals surface area contributed by atoms with Gasteiger partial charge in [0.25, 0.3) is 0 Å². The minimum Gasteiger partial charge on any atom is -0.374 e. The highest BCUT2D eigenvalue weighted by Gasteiger charge is 2.29. The highest BCUT2D eigenvalue weighted by Crippen LogP contribution is 2.22. The summed E-state index contributed by atoms with van der Waals surface area (Å²) in [5, 5.41) is 3.70. The first-order chi connectivity index (χ1) is 8.95. The van der Waals surface area contributed by atoms with E-state index in [-0.39, 0.29) is 0 Å².